The number of carbonyl (C=O) groups excluding carboxylic acids is 1. The van der Waals surface area contributed by atoms with Crippen molar-refractivity contribution in [3.05, 3.63) is 51.2 Å². The maximum atomic E-state index is 12.3. The zero-order valence-corrected chi connectivity index (χ0v) is 13.2. The van der Waals surface area contributed by atoms with Gasteiger partial charge in [-0.2, -0.15) is 0 Å². The van der Waals surface area contributed by atoms with Crippen molar-refractivity contribution in [1.82, 2.24) is 4.90 Å². The van der Waals surface area contributed by atoms with Gasteiger partial charge in [-0.15, -0.1) is 11.3 Å². The van der Waals surface area contributed by atoms with Gasteiger partial charge in [-0.3, -0.25) is 4.79 Å². The Morgan fingerprint density at radius 2 is 2.14 bits per heavy atom. The van der Waals surface area contributed by atoms with Crippen molar-refractivity contribution in [2.75, 3.05) is 13.2 Å². The van der Waals surface area contributed by atoms with Crippen molar-refractivity contribution < 1.29 is 9.53 Å². The average Bonchev–Trinajstić information content (AvgIpc) is 2.95. The van der Waals surface area contributed by atoms with Crippen molar-refractivity contribution in [2.24, 2.45) is 0 Å². The Labute approximate surface area is 129 Å². The number of hydrogen-bond acceptors (Lipinski definition) is 3. The second kappa shape index (κ2) is 5.90. The number of aryl methyl sites for hydroxylation is 2. The predicted molar refractivity (Wildman–Crippen MR) is 84.9 cm³/mol. The highest BCUT2D eigenvalue weighted by molar-refractivity contribution is 7.10. The Balaban J connectivity index is 1.58. The molecule has 0 fully saturated rings. The molecule has 3 nitrogen and oxygen atoms in total. The topological polar surface area (TPSA) is 29.5 Å². The van der Waals surface area contributed by atoms with Gasteiger partial charge in [0.2, 0.25) is 0 Å². The van der Waals surface area contributed by atoms with Gasteiger partial charge in [0.15, 0.2) is 6.61 Å². The van der Waals surface area contributed by atoms with E-state index in [2.05, 4.69) is 18.4 Å². The van der Waals surface area contributed by atoms with Crippen LogP contribution in [-0.2, 0) is 17.8 Å². The van der Waals surface area contributed by atoms with E-state index in [1.54, 1.807) is 11.3 Å². The zero-order chi connectivity index (χ0) is 14.8. The molecule has 2 aromatic rings. The summed E-state index contributed by atoms with van der Waals surface area (Å²) in [4.78, 5) is 15.6. The van der Waals surface area contributed by atoms with Crippen LogP contribution in [0.15, 0.2) is 29.6 Å². The number of hydrogen-bond donors (Lipinski definition) is 0. The number of nitrogens with zero attached hydrogens (tertiary/aromatic N) is 1. The minimum absolute atomic E-state index is 0.0603. The summed E-state index contributed by atoms with van der Waals surface area (Å²) in [5, 5.41) is 2.10. The van der Waals surface area contributed by atoms with Gasteiger partial charge in [-0.05, 0) is 60.5 Å². The molecule has 0 aliphatic carbocycles. The normalized spacial score (nSPS) is 13.9. The number of fused-ring (bicyclic) bond motifs is 1. The van der Waals surface area contributed by atoms with E-state index in [4.69, 9.17) is 4.74 Å². The van der Waals surface area contributed by atoms with E-state index in [9.17, 15) is 4.79 Å². The van der Waals surface area contributed by atoms with Gasteiger partial charge in [0.25, 0.3) is 5.91 Å². The third-order valence-electron chi connectivity index (χ3n) is 4.00. The third kappa shape index (κ3) is 3.10. The molecule has 0 saturated carbocycles. The maximum Gasteiger partial charge on any atom is 0.260 e. The van der Waals surface area contributed by atoms with E-state index in [0.29, 0.717) is 6.54 Å². The highest BCUT2D eigenvalue weighted by atomic mass is 32.1. The molecule has 1 aliphatic rings. The quantitative estimate of drug-likeness (QED) is 0.870. The van der Waals surface area contributed by atoms with E-state index >= 15 is 0 Å². The summed E-state index contributed by atoms with van der Waals surface area (Å²) in [6.07, 6.45) is 0.961. The van der Waals surface area contributed by atoms with Crippen LogP contribution in [0.4, 0.5) is 0 Å². The fourth-order valence-corrected chi connectivity index (χ4v) is 3.39. The molecule has 1 amide bonds. The van der Waals surface area contributed by atoms with Gasteiger partial charge >= 0.3 is 0 Å². The summed E-state index contributed by atoms with van der Waals surface area (Å²) >= 11 is 1.78. The average molecular weight is 301 g/mol. The predicted octanol–water partition coefficient (Wildman–Crippen LogP) is 3.33. The van der Waals surface area contributed by atoms with E-state index in [-0.39, 0.29) is 12.5 Å². The molecule has 110 valence electrons. The Morgan fingerprint density at radius 3 is 2.95 bits per heavy atom. The molecule has 1 aromatic carbocycles. The van der Waals surface area contributed by atoms with E-state index in [1.807, 2.05) is 30.0 Å². The first-order valence-electron chi connectivity index (χ1n) is 7.16. The Kier molecular flexibility index (Phi) is 3.97. The van der Waals surface area contributed by atoms with Crippen LogP contribution in [-0.4, -0.2) is 24.0 Å². The summed E-state index contributed by atoms with van der Waals surface area (Å²) < 4.78 is 5.64. The van der Waals surface area contributed by atoms with Crippen LogP contribution < -0.4 is 4.74 Å². The number of benzene rings is 1. The third-order valence-corrected chi connectivity index (χ3v) is 5.02. The first kappa shape index (κ1) is 14.1. The highest BCUT2D eigenvalue weighted by Gasteiger charge is 2.21. The summed E-state index contributed by atoms with van der Waals surface area (Å²) in [6.45, 7) is 5.74. The maximum absolute atomic E-state index is 12.3. The van der Waals surface area contributed by atoms with Crippen molar-refractivity contribution in [1.29, 1.82) is 0 Å². The smallest absolute Gasteiger partial charge is 0.260 e. The van der Waals surface area contributed by atoms with Gasteiger partial charge in [0.05, 0.1) is 0 Å². The number of amides is 1. The van der Waals surface area contributed by atoms with Crippen LogP contribution in [0.2, 0.25) is 0 Å². The van der Waals surface area contributed by atoms with Gasteiger partial charge in [-0.1, -0.05) is 6.07 Å². The molecule has 21 heavy (non-hydrogen) atoms. The molecule has 2 heterocycles. The summed E-state index contributed by atoms with van der Waals surface area (Å²) in [7, 11) is 0. The molecule has 0 spiro atoms. The number of carbonyl (C=O) groups is 1. The summed E-state index contributed by atoms with van der Waals surface area (Å²) in [6, 6.07) is 8.04. The molecule has 0 unspecified atom stereocenters. The Morgan fingerprint density at radius 1 is 1.29 bits per heavy atom. The lowest BCUT2D eigenvalue weighted by molar-refractivity contribution is -0.134. The van der Waals surface area contributed by atoms with Crippen LogP contribution in [0, 0.1) is 13.8 Å². The summed E-state index contributed by atoms with van der Waals surface area (Å²) in [5.74, 6) is 0.824. The van der Waals surface area contributed by atoms with Crippen LogP contribution in [0.25, 0.3) is 0 Å². The highest BCUT2D eigenvalue weighted by Crippen LogP contribution is 2.24. The Bertz CT molecular complexity index is 663. The molecular weight excluding hydrogens is 282 g/mol. The monoisotopic (exact) mass is 301 g/mol. The molecule has 1 aromatic heterocycles. The minimum atomic E-state index is 0.0603. The molecule has 0 atom stereocenters. The summed E-state index contributed by atoms with van der Waals surface area (Å²) in [5.41, 5.74) is 3.70. The van der Waals surface area contributed by atoms with Crippen LogP contribution in [0.1, 0.15) is 21.6 Å². The standard InChI is InChI=1S/C17H19NO2S/c1-12-3-4-15(9-13(12)2)20-11-17(19)18-7-5-16-14(10-18)6-8-21-16/h3-4,6,8-9H,5,7,10-11H2,1-2H3. The van der Waals surface area contributed by atoms with Crippen molar-refractivity contribution in [3.63, 3.8) is 0 Å². The van der Waals surface area contributed by atoms with E-state index < -0.39 is 0 Å². The largest absolute Gasteiger partial charge is 0.484 e. The second-order valence-corrected chi connectivity index (χ2v) is 6.47. The lowest BCUT2D eigenvalue weighted by atomic mass is 10.1. The lowest BCUT2D eigenvalue weighted by Gasteiger charge is -2.27. The van der Waals surface area contributed by atoms with Crippen molar-refractivity contribution in [2.45, 2.75) is 26.8 Å². The van der Waals surface area contributed by atoms with Gasteiger partial charge in [0, 0.05) is 18.0 Å². The van der Waals surface area contributed by atoms with Crippen LogP contribution >= 0.6 is 11.3 Å². The molecule has 1 aliphatic heterocycles. The molecule has 0 bridgehead atoms. The van der Waals surface area contributed by atoms with Crippen molar-refractivity contribution in [3.8, 4) is 5.75 Å². The lowest BCUT2D eigenvalue weighted by Crippen LogP contribution is -2.38. The van der Waals surface area contributed by atoms with Gasteiger partial charge in [-0.25, -0.2) is 0 Å². The van der Waals surface area contributed by atoms with Gasteiger partial charge < -0.3 is 9.64 Å². The fourth-order valence-electron chi connectivity index (χ4n) is 2.50. The number of rotatable bonds is 3. The van der Waals surface area contributed by atoms with Crippen molar-refractivity contribution >= 4 is 17.2 Å². The molecular formula is C17H19NO2S. The molecule has 0 N–H and O–H groups in total. The molecule has 0 radical (unpaired) electrons. The minimum Gasteiger partial charge on any atom is -0.484 e. The fraction of sp³-hybridized carbons (Fsp3) is 0.353. The number of ether oxygens (including phenoxy) is 1. The number of thiophene rings is 1. The SMILES string of the molecule is Cc1ccc(OCC(=O)N2CCc3sccc3C2)cc1C. The van der Waals surface area contributed by atoms with E-state index in [0.717, 1.165) is 18.7 Å². The first-order valence-corrected chi connectivity index (χ1v) is 8.04. The Hall–Kier alpha value is -1.81. The zero-order valence-electron chi connectivity index (χ0n) is 12.4. The van der Waals surface area contributed by atoms with E-state index in [1.165, 1.54) is 21.6 Å². The van der Waals surface area contributed by atoms with Crippen LogP contribution in [0.5, 0.6) is 5.75 Å². The van der Waals surface area contributed by atoms with Gasteiger partial charge in [0.1, 0.15) is 5.75 Å². The molecule has 0 saturated heterocycles. The molecule has 4 heteroatoms. The van der Waals surface area contributed by atoms with Crippen LogP contribution in [0.3, 0.4) is 0 Å². The second-order valence-electron chi connectivity index (χ2n) is 5.47. The first-order chi connectivity index (χ1) is 10.1. The molecule has 3 rings (SSSR count).